The van der Waals surface area contributed by atoms with E-state index < -0.39 is 18.5 Å². The fourth-order valence-corrected chi connectivity index (χ4v) is 1.62. The molecule has 1 aromatic carbocycles. The van der Waals surface area contributed by atoms with E-state index in [9.17, 15) is 15.0 Å². The predicted molar refractivity (Wildman–Crippen MR) is 46.2 cm³/mol. The van der Waals surface area contributed by atoms with Gasteiger partial charge in [-0.1, -0.05) is 24.3 Å². The Bertz CT molecular complexity index is 350. The molecule has 0 aliphatic carbocycles. The van der Waals surface area contributed by atoms with E-state index in [2.05, 4.69) is 0 Å². The molecule has 2 rings (SSSR count). The van der Waals surface area contributed by atoms with Crippen molar-refractivity contribution < 1.29 is 20.1 Å². The molecule has 0 aromatic heterocycles. The molecule has 0 saturated carbocycles. The van der Waals surface area contributed by atoms with E-state index in [-0.39, 0.29) is 0 Å². The zero-order valence-corrected chi connectivity index (χ0v) is 7.16. The highest BCUT2D eigenvalue weighted by Crippen LogP contribution is 2.38. The van der Waals surface area contributed by atoms with E-state index in [1.807, 2.05) is 0 Å². The van der Waals surface area contributed by atoms with Crippen LogP contribution in [0.5, 0.6) is 0 Å². The van der Waals surface area contributed by atoms with Gasteiger partial charge < -0.3 is 15.3 Å². The molecule has 14 heavy (non-hydrogen) atoms. The van der Waals surface area contributed by atoms with Gasteiger partial charge in [-0.05, 0) is 0 Å². The number of aliphatic hydroxyl groups is 2. The summed E-state index contributed by atoms with van der Waals surface area (Å²) >= 11 is 0. The van der Waals surface area contributed by atoms with Crippen LogP contribution >= 0.6 is 0 Å². The number of nitrogens with zero attached hydrogens (tertiary/aromatic N) is 1. The standard InChI is InChI=1S/C9H9NO4/c11-7-5-3-1-2-4-6(5)8(12)10(7)9(13)14/h1-4,7-8,11-12H,(H,13,14). The third-order valence-electron chi connectivity index (χ3n) is 2.30. The molecule has 0 radical (unpaired) electrons. The molecule has 0 bridgehead atoms. The van der Waals surface area contributed by atoms with Crippen LogP contribution in [0.25, 0.3) is 0 Å². The summed E-state index contributed by atoms with van der Waals surface area (Å²) in [6.45, 7) is 0. The van der Waals surface area contributed by atoms with Gasteiger partial charge in [-0.25, -0.2) is 9.69 Å². The van der Waals surface area contributed by atoms with Crippen LogP contribution in [0.2, 0.25) is 0 Å². The van der Waals surface area contributed by atoms with Crippen molar-refractivity contribution >= 4 is 6.09 Å². The molecule has 3 N–H and O–H groups in total. The molecular weight excluding hydrogens is 186 g/mol. The van der Waals surface area contributed by atoms with Crippen LogP contribution in [0.15, 0.2) is 24.3 Å². The van der Waals surface area contributed by atoms with Gasteiger partial charge in [0.1, 0.15) is 0 Å². The van der Waals surface area contributed by atoms with E-state index in [0.717, 1.165) is 0 Å². The molecule has 5 heteroatoms. The SMILES string of the molecule is O=C(O)N1C(O)c2ccccc2C1O. The number of hydrogen-bond donors (Lipinski definition) is 3. The Balaban J connectivity index is 2.48. The van der Waals surface area contributed by atoms with Crippen LogP contribution in [-0.2, 0) is 0 Å². The maximum Gasteiger partial charge on any atom is 0.412 e. The monoisotopic (exact) mass is 195 g/mol. The van der Waals surface area contributed by atoms with Gasteiger partial charge in [0.2, 0.25) is 0 Å². The van der Waals surface area contributed by atoms with Gasteiger partial charge in [-0.15, -0.1) is 0 Å². The number of amides is 1. The number of benzene rings is 1. The van der Waals surface area contributed by atoms with Crippen molar-refractivity contribution in [2.24, 2.45) is 0 Å². The Hall–Kier alpha value is -1.59. The second kappa shape index (κ2) is 2.97. The van der Waals surface area contributed by atoms with Crippen LogP contribution in [-0.4, -0.2) is 26.3 Å². The Kier molecular flexibility index (Phi) is 1.90. The third kappa shape index (κ3) is 1.07. The molecule has 2 atom stereocenters. The van der Waals surface area contributed by atoms with Crippen molar-refractivity contribution in [1.29, 1.82) is 0 Å². The van der Waals surface area contributed by atoms with Gasteiger partial charge in [0, 0.05) is 11.1 Å². The Labute approximate surface area is 79.8 Å². The molecule has 1 aliphatic heterocycles. The molecular formula is C9H9NO4. The van der Waals surface area contributed by atoms with E-state index in [0.29, 0.717) is 16.0 Å². The number of carboxylic acid groups (broad SMARTS) is 1. The van der Waals surface area contributed by atoms with E-state index in [1.165, 1.54) is 0 Å². The second-order valence-electron chi connectivity index (χ2n) is 3.07. The van der Waals surface area contributed by atoms with Gasteiger partial charge in [-0.3, -0.25) is 0 Å². The summed E-state index contributed by atoms with van der Waals surface area (Å²) in [7, 11) is 0. The molecule has 1 amide bonds. The van der Waals surface area contributed by atoms with E-state index >= 15 is 0 Å². The average Bonchev–Trinajstić information content (AvgIpc) is 2.41. The number of carbonyl (C=O) groups is 1. The maximum atomic E-state index is 10.7. The van der Waals surface area contributed by atoms with Crippen molar-refractivity contribution in [2.75, 3.05) is 0 Å². The van der Waals surface area contributed by atoms with Crippen molar-refractivity contribution in [1.82, 2.24) is 4.90 Å². The van der Waals surface area contributed by atoms with Crippen molar-refractivity contribution in [3.8, 4) is 0 Å². The molecule has 5 nitrogen and oxygen atoms in total. The van der Waals surface area contributed by atoms with Crippen molar-refractivity contribution in [3.05, 3.63) is 35.4 Å². The molecule has 1 aromatic rings. The first-order chi connectivity index (χ1) is 6.63. The Morgan fingerprint density at radius 3 is 1.93 bits per heavy atom. The minimum Gasteiger partial charge on any atom is -0.465 e. The van der Waals surface area contributed by atoms with Gasteiger partial charge in [0.15, 0.2) is 12.5 Å². The summed E-state index contributed by atoms with van der Waals surface area (Å²) in [6, 6.07) is 6.54. The summed E-state index contributed by atoms with van der Waals surface area (Å²) in [4.78, 5) is 11.3. The quantitative estimate of drug-likeness (QED) is 0.568. The topological polar surface area (TPSA) is 81.0 Å². The number of aliphatic hydroxyl groups excluding tert-OH is 2. The lowest BCUT2D eigenvalue weighted by Gasteiger charge is -2.20. The summed E-state index contributed by atoms with van der Waals surface area (Å²) in [5.74, 6) is 0. The zero-order chi connectivity index (χ0) is 10.3. The first kappa shape index (κ1) is 8.98. The molecule has 0 saturated heterocycles. The number of fused-ring (bicyclic) bond motifs is 1. The first-order valence-corrected chi connectivity index (χ1v) is 4.09. The number of rotatable bonds is 0. The van der Waals surface area contributed by atoms with Crippen molar-refractivity contribution in [3.63, 3.8) is 0 Å². The lowest BCUT2D eigenvalue weighted by Crippen LogP contribution is -2.31. The minimum atomic E-state index is -1.35. The maximum absolute atomic E-state index is 10.7. The van der Waals surface area contributed by atoms with Crippen molar-refractivity contribution in [2.45, 2.75) is 12.5 Å². The van der Waals surface area contributed by atoms with E-state index in [1.54, 1.807) is 24.3 Å². The van der Waals surface area contributed by atoms with Gasteiger partial charge in [0.05, 0.1) is 0 Å². The Morgan fingerprint density at radius 1 is 1.14 bits per heavy atom. The fourth-order valence-electron chi connectivity index (χ4n) is 1.62. The highest BCUT2D eigenvalue weighted by molar-refractivity contribution is 5.67. The average molecular weight is 195 g/mol. The zero-order valence-electron chi connectivity index (χ0n) is 7.16. The van der Waals surface area contributed by atoms with Gasteiger partial charge in [0.25, 0.3) is 0 Å². The van der Waals surface area contributed by atoms with Crippen LogP contribution in [0, 0.1) is 0 Å². The van der Waals surface area contributed by atoms with Crippen LogP contribution < -0.4 is 0 Å². The normalized spacial score (nSPS) is 24.9. The van der Waals surface area contributed by atoms with E-state index in [4.69, 9.17) is 5.11 Å². The third-order valence-corrected chi connectivity index (χ3v) is 2.30. The van der Waals surface area contributed by atoms with Gasteiger partial charge >= 0.3 is 6.09 Å². The predicted octanol–water partition coefficient (Wildman–Crippen LogP) is 0.662. The highest BCUT2D eigenvalue weighted by atomic mass is 16.4. The second-order valence-corrected chi connectivity index (χ2v) is 3.07. The van der Waals surface area contributed by atoms with Crippen LogP contribution in [0.1, 0.15) is 23.6 Å². The fraction of sp³-hybridized carbons (Fsp3) is 0.222. The smallest absolute Gasteiger partial charge is 0.412 e. The summed E-state index contributed by atoms with van der Waals surface area (Å²) in [6.07, 6.45) is -3.90. The van der Waals surface area contributed by atoms with Crippen LogP contribution in [0.3, 0.4) is 0 Å². The van der Waals surface area contributed by atoms with Crippen LogP contribution in [0.4, 0.5) is 4.79 Å². The first-order valence-electron chi connectivity index (χ1n) is 4.09. The lowest BCUT2D eigenvalue weighted by molar-refractivity contribution is -0.0647. The molecule has 0 spiro atoms. The molecule has 0 fully saturated rings. The highest BCUT2D eigenvalue weighted by Gasteiger charge is 2.39. The lowest BCUT2D eigenvalue weighted by atomic mass is 10.1. The molecule has 74 valence electrons. The number of hydrogen-bond acceptors (Lipinski definition) is 3. The summed E-state index contributed by atoms with van der Waals surface area (Å²) in [5.41, 5.74) is 0.866. The summed E-state index contributed by atoms with van der Waals surface area (Å²) < 4.78 is 0. The largest absolute Gasteiger partial charge is 0.465 e. The molecule has 1 heterocycles. The Morgan fingerprint density at radius 2 is 1.57 bits per heavy atom. The van der Waals surface area contributed by atoms with Gasteiger partial charge in [-0.2, -0.15) is 0 Å². The summed E-state index contributed by atoms with van der Waals surface area (Å²) in [5, 5.41) is 27.9. The molecule has 1 aliphatic rings. The molecule has 2 unspecified atom stereocenters. The minimum absolute atomic E-state index is 0.433.